The summed E-state index contributed by atoms with van der Waals surface area (Å²) in [6.45, 7) is 3.77. The molecule has 1 fully saturated rings. The average molecular weight is 553 g/mol. The van der Waals surface area contributed by atoms with Crippen molar-refractivity contribution in [2.75, 3.05) is 56.6 Å². The van der Waals surface area contributed by atoms with E-state index >= 15 is 0 Å². The van der Waals surface area contributed by atoms with Crippen LogP contribution in [0.5, 0.6) is 0 Å². The van der Waals surface area contributed by atoms with E-state index in [1.165, 1.54) is 6.07 Å². The molecular formula is C28H31F3N8O. The molecule has 0 saturated carbocycles. The molecule has 4 rings (SSSR count). The molecule has 5 N–H and O–H groups in total. The molecule has 40 heavy (non-hydrogen) atoms. The molecule has 9 nitrogen and oxygen atoms in total. The number of alkyl halides is 3. The van der Waals surface area contributed by atoms with E-state index in [1.54, 1.807) is 49.8 Å². The van der Waals surface area contributed by atoms with E-state index in [4.69, 9.17) is 11.1 Å². The van der Waals surface area contributed by atoms with Crippen LogP contribution in [-0.2, 0) is 17.5 Å². The Morgan fingerprint density at radius 3 is 2.45 bits per heavy atom. The normalized spacial score (nSPS) is 13.7. The first-order valence-electron chi connectivity index (χ1n) is 12.4. The first kappa shape index (κ1) is 30.1. The lowest BCUT2D eigenvalue weighted by Crippen LogP contribution is -2.44. The fourth-order valence-corrected chi connectivity index (χ4v) is 3.85. The smallest absolute Gasteiger partial charge is 0.388 e. The van der Waals surface area contributed by atoms with E-state index in [-0.39, 0.29) is 0 Å². The zero-order valence-corrected chi connectivity index (χ0v) is 22.2. The van der Waals surface area contributed by atoms with Crippen molar-refractivity contribution in [2.45, 2.75) is 12.7 Å². The minimum Gasteiger partial charge on any atom is -0.388 e. The Bertz CT molecular complexity index is 1380. The summed E-state index contributed by atoms with van der Waals surface area (Å²) in [7, 11) is 3.65. The van der Waals surface area contributed by atoms with E-state index in [0.29, 0.717) is 52.5 Å². The molecule has 0 bridgehead atoms. The lowest BCUT2D eigenvalue weighted by Gasteiger charge is -2.33. The second-order valence-corrected chi connectivity index (χ2v) is 8.98. The summed E-state index contributed by atoms with van der Waals surface area (Å²) in [5.74, 6) is 6.58. The first-order chi connectivity index (χ1) is 19.1. The number of rotatable bonds is 6. The van der Waals surface area contributed by atoms with E-state index in [1.807, 2.05) is 7.05 Å². The molecular weight excluding hydrogens is 521 g/mol. The maximum absolute atomic E-state index is 13.1. The lowest BCUT2D eigenvalue weighted by molar-refractivity contribution is -0.138. The minimum absolute atomic E-state index is 0.298. The number of nitrogens with one attached hydrogen (secondary N) is 3. The van der Waals surface area contributed by atoms with Crippen molar-refractivity contribution in [3.8, 4) is 11.8 Å². The van der Waals surface area contributed by atoms with Crippen LogP contribution in [0.1, 0.15) is 27.8 Å². The van der Waals surface area contributed by atoms with Crippen LogP contribution in [-0.4, -0.2) is 72.7 Å². The number of carbonyl (C=O) groups is 1. The molecule has 0 unspecified atom stereocenters. The number of amides is 1. The highest BCUT2D eigenvalue weighted by molar-refractivity contribution is 5.83. The van der Waals surface area contributed by atoms with Crippen LogP contribution < -0.4 is 16.4 Å². The molecule has 1 aliphatic rings. The molecule has 0 atom stereocenters. The van der Waals surface area contributed by atoms with Crippen molar-refractivity contribution in [1.82, 2.24) is 19.8 Å². The Kier molecular flexibility index (Phi) is 10.6. The van der Waals surface area contributed by atoms with E-state index in [2.05, 4.69) is 42.2 Å². The fraction of sp³-hybridized carbons (Fsp3) is 0.286. The molecule has 0 radical (unpaired) electrons. The van der Waals surface area contributed by atoms with Crippen LogP contribution >= 0.6 is 0 Å². The molecule has 0 spiro atoms. The molecule has 1 aliphatic heterocycles. The number of nitrogens with two attached hydrogens (primary N) is 1. The number of halogens is 3. The summed E-state index contributed by atoms with van der Waals surface area (Å²) in [5, 5.41) is 12.4. The van der Waals surface area contributed by atoms with Gasteiger partial charge in [-0.05, 0) is 42.9 Å². The first-order valence-corrected chi connectivity index (χ1v) is 12.4. The van der Waals surface area contributed by atoms with Crippen LogP contribution in [0.15, 0.2) is 48.8 Å². The lowest BCUT2D eigenvalue weighted by atomic mass is 10.0. The van der Waals surface area contributed by atoms with Crippen LogP contribution in [0.2, 0.25) is 0 Å². The number of pyridine rings is 2. The summed E-state index contributed by atoms with van der Waals surface area (Å²) in [6, 6.07) is 9.53. The number of likely N-dealkylation sites (N-methyl/N-ethyl adjacent to an activating group) is 1. The van der Waals surface area contributed by atoms with Gasteiger partial charge in [-0.25, -0.2) is 9.97 Å². The zero-order chi connectivity index (χ0) is 29.1. The van der Waals surface area contributed by atoms with Crippen molar-refractivity contribution in [3.05, 3.63) is 76.6 Å². The topological polar surface area (TPSA) is 123 Å². The largest absolute Gasteiger partial charge is 0.416 e. The third kappa shape index (κ3) is 8.79. The van der Waals surface area contributed by atoms with Crippen LogP contribution in [0, 0.1) is 17.3 Å². The Labute approximate surface area is 231 Å². The number of nitrogens with zero attached hydrogens (tertiary/aromatic N) is 4. The quantitative estimate of drug-likeness (QED) is 0.210. The summed E-state index contributed by atoms with van der Waals surface area (Å²) in [5.41, 5.74) is 7.78. The predicted octanol–water partition coefficient (Wildman–Crippen LogP) is 3.52. The second kappa shape index (κ2) is 14.1. The van der Waals surface area contributed by atoms with Gasteiger partial charge in [-0.3, -0.25) is 9.69 Å². The van der Waals surface area contributed by atoms with Gasteiger partial charge in [-0.2, -0.15) is 13.2 Å². The van der Waals surface area contributed by atoms with E-state index in [0.717, 1.165) is 32.4 Å². The highest BCUT2D eigenvalue weighted by Crippen LogP contribution is 2.34. The summed E-state index contributed by atoms with van der Waals surface area (Å²) >= 11 is 0. The SMILES string of the molecule is CNc1ccc(CN2CCN(C)CC2)c(C(F)(F)F)c1.N=Cc1cc(C#Cc2ccnc(NC=O)c2)cnc1N. The van der Waals surface area contributed by atoms with Gasteiger partial charge in [-0.1, -0.05) is 17.9 Å². The van der Waals surface area contributed by atoms with E-state index < -0.39 is 11.7 Å². The maximum Gasteiger partial charge on any atom is 0.416 e. The number of nitrogen functional groups attached to an aromatic ring is 1. The Balaban J connectivity index is 0.000000220. The van der Waals surface area contributed by atoms with Gasteiger partial charge in [0.15, 0.2) is 0 Å². The summed E-state index contributed by atoms with van der Waals surface area (Å²) < 4.78 is 39.4. The van der Waals surface area contributed by atoms with E-state index in [9.17, 15) is 18.0 Å². The van der Waals surface area contributed by atoms with Gasteiger partial charge in [0.2, 0.25) is 6.41 Å². The van der Waals surface area contributed by atoms with Crippen molar-refractivity contribution in [1.29, 1.82) is 5.41 Å². The van der Waals surface area contributed by atoms with Crippen LogP contribution in [0.3, 0.4) is 0 Å². The minimum atomic E-state index is -4.31. The average Bonchev–Trinajstić information content (AvgIpc) is 2.94. The third-order valence-corrected chi connectivity index (χ3v) is 6.12. The molecule has 1 aromatic carbocycles. The van der Waals surface area contributed by atoms with Gasteiger partial charge in [-0.15, -0.1) is 0 Å². The van der Waals surface area contributed by atoms with Gasteiger partial charge in [0.05, 0.1) is 5.56 Å². The number of hydrogen-bond donors (Lipinski definition) is 4. The Morgan fingerprint density at radius 2 is 1.80 bits per heavy atom. The highest BCUT2D eigenvalue weighted by atomic mass is 19.4. The van der Waals surface area contributed by atoms with Crippen molar-refractivity contribution in [2.24, 2.45) is 0 Å². The zero-order valence-electron chi connectivity index (χ0n) is 22.2. The molecule has 12 heteroatoms. The number of piperazine rings is 1. The van der Waals surface area contributed by atoms with Crippen LogP contribution in [0.4, 0.5) is 30.5 Å². The predicted molar refractivity (Wildman–Crippen MR) is 150 cm³/mol. The molecule has 3 heterocycles. The number of hydrogen-bond acceptors (Lipinski definition) is 8. The summed E-state index contributed by atoms with van der Waals surface area (Å²) in [4.78, 5) is 22.5. The molecule has 210 valence electrons. The Morgan fingerprint density at radius 1 is 1.07 bits per heavy atom. The van der Waals surface area contributed by atoms with Gasteiger partial charge < -0.3 is 26.7 Å². The molecule has 1 amide bonds. The fourth-order valence-electron chi connectivity index (χ4n) is 3.85. The van der Waals surface area contributed by atoms with Crippen LogP contribution in [0.25, 0.3) is 0 Å². The van der Waals surface area contributed by atoms with Crippen molar-refractivity contribution < 1.29 is 18.0 Å². The molecule has 1 saturated heterocycles. The third-order valence-electron chi connectivity index (χ3n) is 6.12. The molecule has 3 aromatic rings. The number of carbonyl (C=O) groups excluding carboxylic acids is 1. The number of aromatic nitrogens is 2. The van der Waals surface area contributed by atoms with Crippen molar-refractivity contribution in [3.63, 3.8) is 0 Å². The van der Waals surface area contributed by atoms with Crippen molar-refractivity contribution >= 4 is 29.9 Å². The molecule has 2 aromatic heterocycles. The standard InChI is InChI=1S/C14H20F3N3.C14H11N5O/c1-18-12-4-3-11(13(9-12)14(15,16)17)10-20-7-5-19(2)6-8-20;15-7-12-5-11(8-18-14(12)16)2-1-10-3-4-17-13(6-10)19-9-20/h3-4,9,18H,5-8,10H2,1-2H3;3-9,15H,(H2,16,18)(H,17,19,20). The highest BCUT2D eigenvalue weighted by Gasteiger charge is 2.34. The summed E-state index contributed by atoms with van der Waals surface area (Å²) in [6.07, 6.45) is 0.474. The van der Waals surface area contributed by atoms with Gasteiger partial charge in [0.1, 0.15) is 11.6 Å². The monoisotopic (exact) mass is 552 g/mol. The maximum atomic E-state index is 13.1. The Hall–Kier alpha value is -4.47. The van der Waals surface area contributed by atoms with Gasteiger partial charge in [0.25, 0.3) is 0 Å². The van der Waals surface area contributed by atoms with Gasteiger partial charge in [0, 0.05) is 80.8 Å². The number of benzene rings is 1. The number of anilines is 3. The second-order valence-electron chi connectivity index (χ2n) is 8.98. The molecule has 0 aliphatic carbocycles. The van der Waals surface area contributed by atoms with Gasteiger partial charge >= 0.3 is 6.18 Å².